The van der Waals surface area contributed by atoms with Crippen molar-refractivity contribution in [2.24, 2.45) is 0 Å². The fourth-order valence-electron chi connectivity index (χ4n) is 1.37. The highest BCUT2D eigenvalue weighted by atomic mass is 15.4. The van der Waals surface area contributed by atoms with Gasteiger partial charge in [0.05, 0.1) is 17.1 Å². The molecule has 0 aliphatic carbocycles. The zero-order valence-corrected chi connectivity index (χ0v) is 8.77. The van der Waals surface area contributed by atoms with Crippen LogP contribution in [0.1, 0.15) is 0 Å². The van der Waals surface area contributed by atoms with Crippen molar-refractivity contribution in [2.45, 2.75) is 0 Å². The van der Waals surface area contributed by atoms with Gasteiger partial charge in [-0.25, -0.2) is 0 Å². The monoisotopic (exact) mass is 214 g/mol. The van der Waals surface area contributed by atoms with Crippen molar-refractivity contribution in [1.82, 2.24) is 0 Å². The number of nitrogen functional groups attached to an aromatic ring is 2. The third-order valence-corrected chi connectivity index (χ3v) is 2.19. The Hall–Kier alpha value is -2.36. The Morgan fingerprint density at radius 1 is 0.812 bits per heavy atom. The molecule has 0 fully saturated rings. The maximum absolute atomic E-state index is 5.79. The lowest BCUT2D eigenvalue weighted by Crippen LogP contribution is -2.10. The van der Waals surface area contributed by atoms with Crippen molar-refractivity contribution in [2.75, 3.05) is 22.3 Å². The molecule has 6 N–H and O–H groups in total. The Morgan fingerprint density at radius 3 is 2.38 bits per heavy atom. The molecule has 0 saturated carbocycles. The van der Waals surface area contributed by atoms with Crippen LogP contribution in [-0.2, 0) is 0 Å². The molecule has 2 aromatic rings. The van der Waals surface area contributed by atoms with Gasteiger partial charge in [0.25, 0.3) is 0 Å². The average molecular weight is 214 g/mol. The van der Waals surface area contributed by atoms with Crippen LogP contribution in [0.15, 0.2) is 48.5 Å². The van der Waals surface area contributed by atoms with Gasteiger partial charge in [-0.05, 0) is 30.3 Å². The molecule has 0 unspecified atom stereocenters. The number of benzene rings is 2. The third-order valence-electron chi connectivity index (χ3n) is 2.19. The number of hydrogen-bond acceptors (Lipinski definition) is 4. The molecule has 4 nitrogen and oxygen atoms in total. The standard InChI is InChI=1S/C12H14N4/c13-9-4-3-5-10(8-9)15-16-12-7-2-1-6-11(12)14/h1-8,15-16H,13-14H2. The second-order valence-corrected chi connectivity index (χ2v) is 3.46. The Morgan fingerprint density at radius 2 is 1.62 bits per heavy atom. The summed E-state index contributed by atoms with van der Waals surface area (Å²) in [5.74, 6) is 0. The van der Waals surface area contributed by atoms with E-state index < -0.39 is 0 Å². The molecule has 0 spiro atoms. The predicted octanol–water partition coefficient (Wildman–Crippen LogP) is 2.29. The molecule has 0 amide bonds. The average Bonchev–Trinajstić information content (AvgIpc) is 2.28. The number of para-hydroxylation sites is 2. The molecule has 0 heterocycles. The maximum atomic E-state index is 5.79. The Labute approximate surface area is 94.2 Å². The van der Waals surface area contributed by atoms with E-state index in [9.17, 15) is 0 Å². The van der Waals surface area contributed by atoms with Crippen molar-refractivity contribution in [1.29, 1.82) is 0 Å². The van der Waals surface area contributed by atoms with Crippen molar-refractivity contribution in [3.8, 4) is 0 Å². The minimum absolute atomic E-state index is 0.693. The molecule has 0 atom stereocenters. The van der Waals surface area contributed by atoms with Gasteiger partial charge in [-0.3, -0.25) is 5.43 Å². The zero-order chi connectivity index (χ0) is 11.4. The van der Waals surface area contributed by atoms with Gasteiger partial charge >= 0.3 is 0 Å². The minimum atomic E-state index is 0.693. The topological polar surface area (TPSA) is 76.1 Å². The largest absolute Gasteiger partial charge is 0.399 e. The maximum Gasteiger partial charge on any atom is 0.0769 e. The third kappa shape index (κ3) is 2.36. The number of rotatable bonds is 3. The van der Waals surface area contributed by atoms with E-state index in [0.29, 0.717) is 11.4 Å². The summed E-state index contributed by atoms with van der Waals surface area (Å²) in [7, 11) is 0. The smallest absolute Gasteiger partial charge is 0.0769 e. The van der Waals surface area contributed by atoms with E-state index in [2.05, 4.69) is 10.9 Å². The number of hydrogen-bond donors (Lipinski definition) is 4. The molecule has 82 valence electrons. The molecule has 0 radical (unpaired) electrons. The lowest BCUT2D eigenvalue weighted by molar-refractivity contribution is 1.41. The van der Waals surface area contributed by atoms with Crippen LogP contribution in [0.5, 0.6) is 0 Å². The normalized spacial score (nSPS) is 9.75. The molecule has 2 rings (SSSR count). The molecule has 0 aromatic heterocycles. The Bertz CT molecular complexity index is 482. The van der Waals surface area contributed by atoms with Crippen LogP contribution in [0.25, 0.3) is 0 Å². The van der Waals surface area contributed by atoms with Crippen molar-refractivity contribution >= 4 is 22.7 Å². The predicted molar refractivity (Wildman–Crippen MR) is 69.0 cm³/mol. The van der Waals surface area contributed by atoms with E-state index in [-0.39, 0.29) is 0 Å². The van der Waals surface area contributed by atoms with Crippen LogP contribution in [0.4, 0.5) is 22.7 Å². The summed E-state index contributed by atoms with van der Waals surface area (Å²) in [5.41, 5.74) is 20.6. The van der Waals surface area contributed by atoms with Crippen LogP contribution in [0.3, 0.4) is 0 Å². The molecule has 4 heteroatoms. The van der Waals surface area contributed by atoms with Gasteiger partial charge in [0.1, 0.15) is 0 Å². The second-order valence-electron chi connectivity index (χ2n) is 3.46. The molecule has 0 aliphatic rings. The van der Waals surface area contributed by atoms with Gasteiger partial charge in [-0.1, -0.05) is 18.2 Å². The quantitative estimate of drug-likeness (QED) is 0.467. The van der Waals surface area contributed by atoms with E-state index in [4.69, 9.17) is 11.5 Å². The van der Waals surface area contributed by atoms with Gasteiger partial charge in [0.15, 0.2) is 0 Å². The van der Waals surface area contributed by atoms with E-state index in [1.165, 1.54) is 0 Å². The number of nitrogens with two attached hydrogens (primary N) is 2. The number of nitrogens with one attached hydrogen (secondary N) is 2. The lowest BCUT2D eigenvalue weighted by atomic mass is 10.3. The van der Waals surface area contributed by atoms with Crippen LogP contribution in [0.2, 0.25) is 0 Å². The molecular formula is C12H14N4. The van der Waals surface area contributed by atoms with Gasteiger partial charge in [-0.15, -0.1) is 0 Å². The highest BCUT2D eigenvalue weighted by molar-refractivity contribution is 5.68. The first-order valence-corrected chi connectivity index (χ1v) is 4.98. The molecule has 0 bridgehead atoms. The van der Waals surface area contributed by atoms with Crippen LogP contribution in [0, 0.1) is 0 Å². The van der Waals surface area contributed by atoms with Crippen LogP contribution < -0.4 is 22.3 Å². The van der Waals surface area contributed by atoms with Gasteiger partial charge in [-0.2, -0.15) is 0 Å². The first-order valence-electron chi connectivity index (χ1n) is 4.98. The van der Waals surface area contributed by atoms with Crippen LogP contribution >= 0.6 is 0 Å². The zero-order valence-electron chi connectivity index (χ0n) is 8.77. The van der Waals surface area contributed by atoms with Crippen molar-refractivity contribution < 1.29 is 0 Å². The van der Waals surface area contributed by atoms with E-state index >= 15 is 0 Å². The summed E-state index contributed by atoms with van der Waals surface area (Å²) >= 11 is 0. The lowest BCUT2D eigenvalue weighted by Gasteiger charge is -2.11. The Balaban J connectivity index is 2.05. The molecule has 0 aliphatic heterocycles. The highest BCUT2D eigenvalue weighted by Gasteiger charge is 1.96. The van der Waals surface area contributed by atoms with Crippen molar-refractivity contribution in [3.05, 3.63) is 48.5 Å². The summed E-state index contributed by atoms with van der Waals surface area (Å²) in [6, 6.07) is 15.0. The van der Waals surface area contributed by atoms with E-state index in [1.807, 2.05) is 48.5 Å². The molecular weight excluding hydrogens is 200 g/mol. The second kappa shape index (κ2) is 4.44. The molecule has 16 heavy (non-hydrogen) atoms. The molecule has 0 saturated heterocycles. The minimum Gasteiger partial charge on any atom is -0.399 e. The van der Waals surface area contributed by atoms with Crippen molar-refractivity contribution in [3.63, 3.8) is 0 Å². The fourth-order valence-corrected chi connectivity index (χ4v) is 1.37. The summed E-state index contributed by atoms with van der Waals surface area (Å²) in [6.07, 6.45) is 0. The summed E-state index contributed by atoms with van der Waals surface area (Å²) < 4.78 is 0. The van der Waals surface area contributed by atoms with Gasteiger partial charge in [0, 0.05) is 5.69 Å². The summed E-state index contributed by atoms with van der Waals surface area (Å²) in [4.78, 5) is 0. The summed E-state index contributed by atoms with van der Waals surface area (Å²) in [6.45, 7) is 0. The number of hydrazine groups is 1. The van der Waals surface area contributed by atoms with E-state index in [1.54, 1.807) is 0 Å². The van der Waals surface area contributed by atoms with Crippen LogP contribution in [-0.4, -0.2) is 0 Å². The Kier molecular flexibility index (Phi) is 2.82. The van der Waals surface area contributed by atoms with E-state index in [0.717, 1.165) is 11.4 Å². The first kappa shape index (κ1) is 10.2. The fraction of sp³-hybridized carbons (Fsp3) is 0. The first-order chi connectivity index (χ1) is 7.75. The van der Waals surface area contributed by atoms with Gasteiger partial charge in [0.2, 0.25) is 0 Å². The highest BCUT2D eigenvalue weighted by Crippen LogP contribution is 2.18. The molecule has 2 aromatic carbocycles. The van der Waals surface area contributed by atoms with Gasteiger partial charge < -0.3 is 16.9 Å². The number of anilines is 4. The SMILES string of the molecule is Nc1cccc(NNc2ccccc2N)c1. The summed E-state index contributed by atoms with van der Waals surface area (Å²) in [5, 5.41) is 0.